The number of benzene rings is 2. The van der Waals surface area contributed by atoms with Crippen LogP contribution in [-0.4, -0.2) is 25.2 Å². The molecule has 1 heterocycles. The molecule has 146 valence electrons. The first-order valence-electron chi connectivity index (χ1n) is 8.81. The van der Waals surface area contributed by atoms with Crippen LogP contribution in [0, 0.1) is 13.8 Å². The summed E-state index contributed by atoms with van der Waals surface area (Å²) in [7, 11) is -3.72. The topological polar surface area (TPSA) is 93.2 Å². The third kappa shape index (κ3) is 4.77. The zero-order valence-corrected chi connectivity index (χ0v) is 16.7. The molecule has 0 saturated carbocycles. The molecule has 0 atom stereocenters. The van der Waals surface area contributed by atoms with Crippen LogP contribution < -0.4 is 14.8 Å². The highest BCUT2D eigenvalue weighted by molar-refractivity contribution is 7.92. The third-order valence-electron chi connectivity index (χ3n) is 4.13. The predicted molar refractivity (Wildman–Crippen MR) is 110 cm³/mol. The van der Waals surface area contributed by atoms with Gasteiger partial charge in [-0.1, -0.05) is 6.07 Å². The van der Waals surface area contributed by atoms with Gasteiger partial charge in [0.1, 0.15) is 5.75 Å². The summed E-state index contributed by atoms with van der Waals surface area (Å²) >= 11 is 0. The first kappa shape index (κ1) is 19.6. The Morgan fingerprint density at radius 2 is 1.57 bits per heavy atom. The van der Waals surface area contributed by atoms with E-state index < -0.39 is 10.0 Å². The SMILES string of the molecule is CCOc1ccc(Nc2ccc(NS(=O)(=O)c3ccc(C)c(C)c3)nn2)cc1. The highest BCUT2D eigenvalue weighted by Gasteiger charge is 2.15. The number of hydrogen-bond donors (Lipinski definition) is 2. The number of aryl methyl sites for hydroxylation is 2. The highest BCUT2D eigenvalue weighted by Crippen LogP contribution is 2.21. The fraction of sp³-hybridized carbons (Fsp3) is 0.200. The maximum Gasteiger partial charge on any atom is 0.263 e. The minimum Gasteiger partial charge on any atom is -0.494 e. The van der Waals surface area contributed by atoms with Crippen LogP contribution >= 0.6 is 0 Å². The van der Waals surface area contributed by atoms with Crippen molar-refractivity contribution in [2.45, 2.75) is 25.7 Å². The van der Waals surface area contributed by atoms with Gasteiger partial charge in [-0.25, -0.2) is 8.42 Å². The normalized spacial score (nSPS) is 11.1. The number of sulfonamides is 1. The molecule has 0 saturated heterocycles. The van der Waals surface area contributed by atoms with E-state index in [1.807, 2.05) is 45.0 Å². The van der Waals surface area contributed by atoms with Gasteiger partial charge in [-0.3, -0.25) is 4.72 Å². The van der Waals surface area contributed by atoms with Crippen molar-refractivity contribution in [3.05, 3.63) is 65.7 Å². The van der Waals surface area contributed by atoms with Crippen LogP contribution in [0.25, 0.3) is 0 Å². The molecule has 0 spiro atoms. The monoisotopic (exact) mass is 398 g/mol. The van der Waals surface area contributed by atoms with E-state index in [1.54, 1.807) is 30.3 Å². The molecule has 0 radical (unpaired) electrons. The minimum atomic E-state index is -3.72. The molecule has 3 rings (SSSR count). The van der Waals surface area contributed by atoms with Crippen molar-refractivity contribution < 1.29 is 13.2 Å². The number of hydrogen-bond acceptors (Lipinski definition) is 6. The van der Waals surface area contributed by atoms with Crippen LogP contribution in [0.15, 0.2) is 59.5 Å². The first-order chi connectivity index (χ1) is 13.4. The largest absolute Gasteiger partial charge is 0.494 e. The van der Waals surface area contributed by atoms with Crippen molar-refractivity contribution in [2.24, 2.45) is 0 Å². The van der Waals surface area contributed by atoms with E-state index in [9.17, 15) is 8.42 Å². The van der Waals surface area contributed by atoms with Gasteiger partial charge in [0.25, 0.3) is 10.0 Å². The van der Waals surface area contributed by atoms with Crippen molar-refractivity contribution in [1.29, 1.82) is 0 Å². The molecule has 7 nitrogen and oxygen atoms in total. The van der Waals surface area contributed by atoms with Crippen LogP contribution in [0.4, 0.5) is 17.3 Å². The van der Waals surface area contributed by atoms with Gasteiger partial charge in [-0.2, -0.15) is 0 Å². The van der Waals surface area contributed by atoms with Gasteiger partial charge < -0.3 is 10.1 Å². The lowest BCUT2D eigenvalue weighted by Crippen LogP contribution is -2.14. The molecule has 0 unspecified atom stereocenters. The second kappa shape index (κ2) is 8.26. The second-order valence-corrected chi connectivity index (χ2v) is 7.92. The smallest absolute Gasteiger partial charge is 0.263 e. The Morgan fingerprint density at radius 3 is 2.18 bits per heavy atom. The molecule has 28 heavy (non-hydrogen) atoms. The summed E-state index contributed by atoms with van der Waals surface area (Å²) in [5.41, 5.74) is 2.76. The van der Waals surface area contributed by atoms with E-state index in [0.29, 0.717) is 12.4 Å². The molecule has 8 heteroatoms. The predicted octanol–water partition coefficient (Wildman–Crippen LogP) is 4.04. The zero-order valence-electron chi connectivity index (χ0n) is 15.9. The summed E-state index contributed by atoms with van der Waals surface area (Å²) in [6.07, 6.45) is 0. The summed E-state index contributed by atoms with van der Waals surface area (Å²) in [6.45, 7) is 6.34. The van der Waals surface area contributed by atoms with Crippen molar-refractivity contribution in [3.8, 4) is 5.75 Å². The Morgan fingerprint density at radius 1 is 0.893 bits per heavy atom. The number of aromatic nitrogens is 2. The van der Waals surface area contributed by atoms with E-state index in [4.69, 9.17) is 4.74 Å². The second-order valence-electron chi connectivity index (χ2n) is 6.24. The fourth-order valence-electron chi connectivity index (χ4n) is 2.48. The lowest BCUT2D eigenvalue weighted by molar-refractivity contribution is 0.340. The van der Waals surface area contributed by atoms with Gasteiger partial charge in [0, 0.05) is 5.69 Å². The molecular formula is C20H22N4O3S. The average Bonchev–Trinajstić information content (AvgIpc) is 2.67. The third-order valence-corrected chi connectivity index (χ3v) is 5.48. The van der Waals surface area contributed by atoms with Gasteiger partial charge in [0.15, 0.2) is 11.6 Å². The number of ether oxygens (including phenoxy) is 1. The van der Waals surface area contributed by atoms with E-state index in [2.05, 4.69) is 20.2 Å². The maximum absolute atomic E-state index is 12.5. The quantitative estimate of drug-likeness (QED) is 0.624. The van der Waals surface area contributed by atoms with Gasteiger partial charge in [-0.05, 0) is 80.4 Å². The zero-order chi connectivity index (χ0) is 20.1. The lowest BCUT2D eigenvalue weighted by Gasteiger charge is -2.10. The lowest BCUT2D eigenvalue weighted by atomic mass is 10.1. The fourth-order valence-corrected chi connectivity index (χ4v) is 3.56. The molecule has 0 bridgehead atoms. The molecule has 0 fully saturated rings. The minimum absolute atomic E-state index is 0.149. The standard InChI is InChI=1S/C20H22N4O3S/c1-4-27-17-8-6-16(7-9-17)21-19-11-12-20(23-22-19)24-28(25,26)18-10-5-14(2)15(3)13-18/h5-13H,4H2,1-3H3,(H,21,22)(H,23,24). The van der Waals surface area contributed by atoms with Crippen LogP contribution in [0.3, 0.4) is 0 Å². The molecule has 0 aliphatic rings. The van der Waals surface area contributed by atoms with E-state index >= 15 is 0 Å². The summed E-state index contributed by atoms with van der Waals surface area (Å²) in [5, 5.41) is 11.1. The Hall–Kier alpha value is -3.13. The number of nitrogens with zero attached hydrogens (tertiary/aromatic N) is 2. The number of rotatable bonds is 7. The summed E-state index contributed by atoms with van der Waals surface area (Å²) in [4.78, 5) is 0.189. The highest BCUT2D eigenvalue weighted by atomic mass is 32.2. The number of anilines is 3. The molecule has 3 aromatic rings. The van der Waals surface area contributed by atoms with E-state index in [-0.39, 0.29) is 10.7 Å². The molecular weight excluding hydrogens is 376 g/mol. The molecule has 2 aromatic carbocycles. The molecule has 0 amide bonds. The molecule has 1 aromatic heterocycles. The van der Waals surface area contributed by atoms with Gasteiger partial charge in [0.05, 0.1) is 11.5 Å². The van der Waals surface area contributed by atoms with Gasteiger partial charge in [0.2, 0.25) is 0 Å². The summed E-state index contributed by atoms with van der Waals surface area (Å²) < 4.78 is 32.9. The number of nitrogens with one attached hydrogen (secondary N) is 2. The molecule has 0 aliphatic heterocycles. The molecule has 0 aliphatic carbocycles. The van der Waals surface area contributed by atoms with Gasteiger partial charge >= 0.3 is 0 Å². The van der Waals surface area contributed by atoms with Gasteiger partial charge in [-0.15, -0.1) is 10.2 Å². The average molecular weight is 398 g/mol. The van der Waals surface area contributed by atoms with Crippen molar-refractivity contribution >= 4 is 27.3 Å². The Balaban J connectivity index is 1.69. The summed E-state index contributed by atoms with van der Waals surface area (Å²) in [6, 6.07) is 15.6. The van der Waals surface area contributed by atoms with Crippen molar-refractivity contribution in [3.63, 3.8) is 0 Å². The maximum atomic E-state index is 12.5. The van der Waals surface area contributed by atoms with Crippen molar-refractivity contribution in [1.82, 2.24) is 10.2 Å². The van der Waals surface area contributed by atoms with Crippen LogP contribution in [0.2, 0.25) is 0 Å². The Kier molecular flexibility index (Phi) is 5.79. The van der Waals surface area contributed by atoms with Crippen molar-refractivity contribution in [2.75, 3.05) is 16.6 Å². The Bertz CT molecular complexity index is 1050. The van der Waals surface area contributed by atoms with Crippen LogP contribution in [0.5, 0.6) is 5.75 Å². The summed E-state index contributed by atoms with van der Waals surface area (Å²) in [5.74, 6) is 1.43. The van der Waals surface area contributed by atoms with E-state index in [0.717, 1.165) is 22.6 Å². The molecule has 2 N–H and O–H groups in total. The van der Waals surface area contributed by atoms with E-state index in [1.165, 1.54) is 0 Å². The first-order valence-corrected chi connectivity index (χ1v) is 10.3. The Labute approximate surface area is 164 Å². The van der Waals surface area contributed by atoms with Crippen LogP contribution in [0.1, 0.15) is 18.1 Å². The van der Waals surface area contributed by atoms with Crippen LogP contribution in [-0.2, 0) is 10.0 Å².